The van der Waals surface area contributed by atoms with Crippen LogP contribution in [0.2, 0.25) is 0 Å². The first-order valence-corrected chi connectivity index (χ1v) is 12.6. The van der Waals surface area contributed by atoms with Gasteiger partial charge in [0.2, 0.25) is 5.91 Å². The van der Waals surface area contributed by atoms with Gasteiger partial charge in [0.05, 0.1) is 18.0 Å². The highest BCUT2D eigenvalue weighted by Crippen LogP contribution is 2.26. The number of amides is 2. The second kappa shape index (κ2) is 12.7. The van der Waals surface area contributed by atoms with Gasteiger partial charge in [0.1, 0.15) is 5.82 Å². The van der Waals surface area contributed by atoms with E-state index in [-0.39, 0.29) is 30.1 Å². The number of hydrogen-bond donors (Lipinski definition) is 0. The van der Waals surface area contributed by atoms with Crippen LogP contribution in [0.5, 0.6) is 0 Å². The van der Waals surface area contributed by atoms with Crippen LogP contribution in [-0.2, 0) is 11.3 Å². The summed E-state index contributed by atoms with van der Waals surface area (Å²) in [4.78, 5) is 32.6. The summed E-state index contributed by atoms with van der Waals surface area (Å²) >= 11 is 0. The first-order chi connectivity index (χ1) is 16.7. The highest BCUT2D eigenvalue weighted by Gasteiger charge is 2.24. The minimum Gasteiger partial charge on any atom is -0.334 e. The van der Waals surface area contributed by atoms with Crippen LogP contribution in [0, 0.1) is 17.7 Å². The zero-order valence-electron chi connectivity index (χ0n) is 21.4. The summed E-state index contributed by atoms with van der Waals surface area (Å²) in [5.74, 6) is 0.195. The van der Waals surface area contributed by atoms with Crippen LogP contribution in [0.4, 0.5) is 10.1 Å². The van der Waals surface area contributed by atoms with E-state index in [0.717, 1.165) is 32.5 Å². The van der Waals surface area contributed by atoms with Crippen molar-refractivity contribution in [3.05, 3.63) is 53.6 Å². The maximum Gasteiger partial charge on any atom is 0.255 e. The van der Waals surface area contributed by atoms with Gasteiger partial charge in [-0.25, -0.2) is 4.39 Å². The zero-order chi connectivity index (χ0) is 25.4. The van der Waals surface area contributed by atoms with Gasteiger partial charge in [0.25, 0.3) is 5.91 Å². The Kier molecular flexibility index (Phi) is 9.72. The Hall–Kier alpha value is -2.87. The molecule has 1 aromatic carbocycles. The molecule has 35 heavy (non-hydrogen) atoms. The van der Waals surface area contributed by atoms with Gasteiger partial charge in [0.15, 0.2) is 0 Å². The van der Waals surface area contributed by atoms with Gasteiger partial charge in [-0.05, 0) is 67.6 Å². The number of aromatic nitrogens is 2. The van der Waals surface area contributed by atoms with Gasteiger partial charge in [-0.1, -0.05) is 27.7 Å². The first kappa shape index (κ1) is 26.7. The summed E-state index contributed by atoms with van der Waals surface area (Å²) in [6, 6.07) is 6.16. The molecule has 0 aliphatic carbocycles. The summed E-state index contributed by atoms with van der Waals surface area (Å²) < 4.78 is 14.4. The number of fused-ring (bicyclic) bond motifs is 1. The molecule has 1 aliphatic heterocycles. The van der Waals surface area contributed by atoms with E-state index in [4.69, 9.17) is 0 Å². The van der Waals surface area contributed by atoms with Crippen molar-refractivity contribution in [3.63, 3.8) is 0 Å². The van der Waals surface area contributed by atoms with Crippen molar-refractivity contribution >= 4 is 17.5 Å². The Balaban J connectivity index is 2.00. The molecule has 0 bridgehead atoms. The Morgan fingerprint density at radius 3 is 2.37 bits per heavy atom. The van der Waals surface area contributed by atoms with E-state index in [1.54, 1.807) is 21.9 Å². The Morgan fingerprint density at radius 2 is 1.71 bits per heavy atom. The van der Waals surface area contributed by atoms with Crippen molar-refractivity contribution < 1.29 is 14.0 Å². The van der Waals surface area contributed by atoms with E-state index in [9.17, 15) is 14.0 Å². The van der Waals surface area contributed by atoms with Crippen LogP contribution in [-0.4, -0.2) is 64.5 Å². The van der Waals surface area contributed by atoms with Gasteiger partial charge in [0, 0.05) is 38.3 Å². The molecule has 3 rings (SSSR count). The predicted molar refractivity (Wildman–Crippen MR) is 135 cm³/mol. The van der Waals surface area contributed by atoms with Crippen molar-refractivity contribution in [2.75, 3.05) is 37.6 Å². The predicted octanol–water partition coefficient (Wildman–Crippen LogP) is 4.39. The van der Waals surface area contributed by atoms with Crippen LogP contribution in [0.3, 0.4) is 0 Å². The SMILES string of the molecule is CC(C)CC(=O)N1CCCN(CC(C)C)CCCN(C(=O)c2ccnnc2)Cc2cc(F)ccc21. The molecular weight excluding hydrogens is 445 g/mol. The summed E-state index contributed by atoms with van der Waals surface area (Å²) in [5.41, 5.74) is 1.76. The Labute approximate surface area is 208 Å². The third-order valence-electron chi connectivity index (χ3n) is 6.08. The number of carbonyl (C=O) groups is 2. The Morgan fingerprint density at radius 1 is 0.971 bits per heavy atom. The Bertz CT molecular complexity index is 983. The molecule has 7 nitrogen and oxygen atoms in total. The molecule has 2 aromatic rings. The van der Waals surface area contributed by atoms with Crippen molar-refractivity contribution in [1.29, 1.82) is 0 Å². The molecule has 0 atom stereocenters. The monoisotopic (exact) mass is 483 g/mol. The number of hydrogen-bond acceptors (Lipinski definition) is 5. The minimum atomic E-state index is -0.381. The fourth-order valence-electron chi connectivity index (χ4n) is 4.59. The highest BCUT2D eigenvalue weighted by atomic mass is 19.1. The maximum absolute atomic E-state index is 14.4. The van der Waals surface area contributed by atoms with Crippen molar-refractivity contribution in [3.8, 4) is 0 Å². The zero-order valence-corrected chi connectivity index (χ0v) is 21.4. The fourth-order valence-corrected chi connectivity index (χ4v) is 4.59. The molecule has 8 heteroatoms. The number of nitrogens with zero attached hydrogens (tertiary/aromatic N) is 5. The smallest absolute Gasteiger partial charge is 0.255 e. The van der Waals surface area contributed by atoms with Gasteiger partial charge >= 0.3 is 0 Å². The van der Waals surface area contributed by atoms with Crippen molar-refractivity contribution in [2.45, 2.75) is 53.5 Å². The fraction of sp³-hybridized carbons (Fsp3) is 0.556. The number of anilines is 1. The lowest BCUT2D eigenvalue weighted by atomic mass is 10.1. The summed E-state index contributed by atoms with van der Waals surface area (Å²) in [6.45, 7) is 12.4. The highest BCUT2D eigenvalue weighted by molar-refractivity contribution is 5.95. The summed E-state index contributed by atoms with van der Waals surface area (Å²) in [5, 5.41) is 7.62. The van der Waals surface area contributed by atoms with Gasteiger partial charge in [-0.15, -0.1) is 0 Å². The first-order valence-electron chi connectivity index (χ1n) is 12.6. The second-order valence-corrected chi connectivity index (χ2v) is 10.2. The third kappa shape index (κ3) is 7.82. The van der Waals surface area contributed by atoms with E-state index in [0.29, 0.717) is 42.2 Å². The largest absolute Gasteiger partial charge is 0.334 e. The van der Waals surface area contributed by atoms with Crippen LogP contribution in [0.1, 0.15) is 62.9 Å². The molecule has 0 N–H and O–H groups in total. The molecule has 2 heterocycles. The lowest BCUT2D eigenvalue weighted by molar-refractivity contribution is -0.119. The lowest BCUT2D eigenvalue weighted by Gasteiger charge is -2.32. The molecule has 2 amide bonds. The summed E-state index contributed by atoms with van der Waals surface area (Å²) in [6.07, 6.45) is 5.00. The van der Waals surface area contributed by atoms with Crippen LogP contribution < -0.4 is 4.90 Å². The number of carbonyl (C=O) groups excluding carboxylic acids is 2. The van der Waals surface area contributed by atoms with E-state index in [2.05, 4.69) is 28.9 Å². The van der Waals surface area contributed by atoms with Gasteiger partial charge in [-0.3, -0.25) is 9.59 Å². The number of rotatable bonds is 5. The number of benzene rings is 1. The molecule has 1 aromatic heterocycles. The lowest BCUT2D eigenvalue weighted by Crippen LogP contribution is -2.40. The topological polar surface area (TPSA) is 69.6 Å². The standard InChI is InChI=1S/C27H38FN5O2/c1-20(2)15-26(34)33-14-6-12-31(18-21(3)4)11-5-13-32(27(35)22-9-10-29-30-17-22)19-23-16-24(28)7-8-25(23)33/h7-10,16-17,20-21H,5-6,11-15,18-19H2,1-4H3. The average molecular weight is 484 g/mol. The van der Waals surface area contributed by atoms with E-state index >= 15 is 0 Å². The van der Waals surface area contributed by atoms with Crippen LogP contribution >= 0.6 is 0 Å². The van der Waals surface area contributed by atoms with Gasteiger partial charge < -0.3 is 14.7 Å². The number of halogens is 1. The molecule has 0 radical (unpaired) electrons. The van der Waals surface area contributed by atoms with Crippen LogP contribution in [0.15, 0.2) is 36.7 Å². The van der Waals surface area contributed by atoms with E-state index < -0.39 is 0 Å². The molecule has 0 spiro atoms. The van der Waals surface area contributed by atoms with Crippen molar-refractivity contribution in [2.24, 2.45) is 11.8 Å². The quantitative estimate of drug-likeness (QED) is 0.631. The second-order valence-electron chi connectivity index (χ2n) is 10.2. The molecular formula is C27H38FN5O2. The average Bonchev–Trinajstić information content (AvgIpc) is 2.80. The third-order valence-corrected chi connectivity index (χ3v) is 6.08. The molecule has 1 aliphatic rings. The van der Waals surface area contributed by atoms with Gasteiger partial charge in [-0.2, -0.15) is 10.2 Å². The molecule has 0 saturated heterocycles. The summed E-state index contributed by atoms with van der Waals surface area (Å²) in [7, 11) is 0. The van der Waals surface area contributed by atoms with E-state index in [1.165, 1.54) is 24.5 Å². The normalized spacial score (nSPS) is 16.1. The van der Waals surface area contributed by atoms with Crippen molar-refractivity contribution in [1.82, 2.24) is 20.0 Å². The maximum atomic E-state index is 14.4. The molecule has 190 valence electrons. The molecule has 0 saturated carbocycles. The van der Waals surface area contributed by atoms with E-state index in [1.807, 2.05) is 13.8 Å². The molecule has 0 fully saturated rings. The van der Waals surface area contributed by atoms with Crippen LogP contribution in [0.25, 0.3) is 0 Å². The minimum absolute atomic E-state index is 0.0246. The molecule has 0 unspecified atom stereocenters.